The van der Waals surface area contributed by atoms with Crippen molar-refractivity contribution in [3.05, 3.63) is 20.8 Å². The minimum atomic E-state index is -3.40. The number of halogens is 4. The minimum Gasteiger partial charge on any atom is -0.271 e. The molecule has 2 nitrogen and oxygen atoms in total. The Labute approximate surface area is 91.2 Å². The number of hydrogen-bond acceptors (Lipinski definition) is 3. The van der Waals surface area contributed by atoms with E-state index < -0.39 is 11.4 Å². The van der Waals surface area contributed by atoms with Crippen LogP contribution in [0.25, 0.3) is 0 Å². The number of rotatable bonds is 3. The van der Waals surface area contributed by atoms with Crippen molar-refractivity contribution in [2.45, 2.75) is 11.4 Å². The lowest BCUT2D eigenvalue weighted by Gasteiger charge is -2.19. The van der Waals surface area contributed by atoms with E-state index in [4.69, 9.17) is 17.4 Å². The van der Waals surface area contributed by atoms with Gasteiger partial charge in [-0.3, -0.25) is 5.84 Å². The molecule has 1 aromatic heterocycles. The first-order chi connectivity index (χ1) is 5.96. The second kappa shape index (κ2) is 4.18. The van der Waals surface area contributed by atoms with Gasteiger partial charge in [-0.15, -0.1) is 11.3 Å². The number of nitrogens with two attached hydrogens (primary N) is 1. The topological polar surface area (TPSA) is 38.0 Å². The molecule has 0 spiro atoms. The molecule has 0 aliphatic heterocycles. The molecule has 1 rings (SSSR count). The number of thiophene rings is 1. The summed E-state index contributed by atoms with van der Waals surface area (Å²) < 4.78 is 26.0. The Morgan fingerprint density at radius 2 is 2.31 bits per heavy atom. The van der Waals surface area contributed by atoms with Crippen molar-refractivity contribution in [2.24, 2.45) is 5.84 Å². The molecule has 0 radical (unpaired) electrons. The van der Waals surface area contributed by atoms with E-state index in [1.165, 1.54) is 0 Å². The Morgan fingerprint density at radius 1 is 1.69 bits per heavy atom. The molecular weight excluding hydrogens is 286 g/mol. The summed E-state index contributed by atoms with van der Waals surface area (Å²) in [6, 6.07) is 0.288. The molecule has 3 N–H and O–H groups in total. The molecule has 0 aliphatic rings. The molecule has 1 atom stereocenters. The van der Waals surface area contributed by atoms with Crippen molar-refractivity contribution in [2.75, 3.05) is 0 Å². The van der Waals surface area contributed by atoms with Crippen molar-refractivity contribution < 1.29 is 8.78 Å². The molecule has 0 aliphatic carbocycles. The molecule has 0 saturated heterocycles. The van der Waals surface area contributed by atoms with Gasteiger partial charge >= 0.3 is 5.38 Å². The molecule has 1 unspecified atom stereocenters. The maximum Gasteiger partial charge on any atom is 0.342 e. The first-order valence-corrected chi connectivity index (χ1v) is 5.27. The number of hydrazine groups is 1. The van der Waals surface area contributed by atoms with E-state index in [1.54, 1.807) is 11.4 Å². The van der Waals surface area contributed by atoms with E-state index in [9.17, 15) is 8.78 Å². The average molecular weight is 292 g/mol. The molecule has 1 heterocycles. The van der Waals surface area contributed by atoms with Crippen LogP contribution in [-0.2, 0) is 0 Å². The van der Waals surface area contributed by atoms with Crippen LogP contribution in [0.4, 0.5) is 8.78 Å². The molecule has 0 aromatic carbocycles. The van der Waals surface area contributed by atoms with Crippen LogP contribution in [0, 0.1) is 0 Å². The Balaban J connectivity index is 2.98. The highest BCUT2D eigenvalue weighted by atomic mass is 79.9. The molecule has 74 valence electrons. The third-order valence-corrected chi connectivity index (χ3v) is 3.55. The fraction of sp³-hybridized carbons (Fsp3) is 0.333. The van der Waals surface area contributed by atoms with Gasteiger partial charge in [0, 0.05) is 9.35 Å². The van der Waals surface area contributed by atoms with E-state index >= 15 is 0 Å². The maximum atomic E-state index is 12.7. The maximum absolute atomic E-state index is 12.7. The van der Waals surface area contributed by atoms with Gasteiger partial charge in [-0.1, -0.05) is 0 Å². The van der Waals surface area contributed by atoms with Crippen LogP contribution in [0.5, 0.6) is 0 Å². The SMILES string of the molecule is NNC(c1sccc1Br)C(F)(F)Cl. The van der Waals surface area contributed by atoms with Crippen molar-refractivity contribution in [3.8, 4) is 0 Å². The number of alkyl halides is 3. The normalized spacial score (nSPS) is 14.5. The Hall–Kier alpha value is 0.250. The predicted octanol–water partition coefficient (Wildman–Crippen LogP) is 2.85. The second-order valence-corrected chi connectivity index (χ2v) is 4.58. The fourth-order valence-corrected chi connectivity index (χ4v) is 2.77. The highest BCUT2D eigenvalue weighted by Crippen LogP contribution is 2.39. The van der Waals surface area contributed by atoms with Crippen LogP contribution >= 0.6 is 38.9 Å². The van der Waals surface area contributed by atoms with Gasteiger partial charge in [0.25, 0.3) is 0 Å². The van der Waals surface area contributed by atoms with Gasteiger partial charge in [0.1, 0.15) is 6.04 Å². The molecule has 0 saturated carbocycles. The molecular formula is C6H6BrClF2N2S. The molecule has 7 heteroatoms. The molecule has 0 bridgehead atoms. The third-order valence-electron chi connectivity index (χ3n) is 1.40. The zero-order chi connectivity index (χ0) is 10.1. The van der Waals surface area contributed by atoms with E-state index in [2.05, 4.69) is 15.9 Å². The average Bonchev–Trinajstić information content (AvgIpc) is 2.35. The number of hydrogen-bond donors (Lipinski definition) is 2. The van der Waals surface area contributed by atoms with E-state index in [0.717, 1.165) is 11.3 Å². The lowest BCUT2D eigenvalue weighted by atomic mass is 10.2. The molecule has 13 heavy (non-hydrogen) atoms. The van der Waals surface area contributed by atoms with Gasteiger partial charge in [-0.2, -0.15) is 8.78 Å². The van der Waals surface area contributed by atoms with Crippen LogP contribution in [-0.4, -0.2) is 5.38 Å². The van der Waals surface area contributed by atoms with Crippen LogP contribution < -0.4 is 11.3 Å². The zero-order valence-electron chi connectivity index (χ0n) is 6.23. The molecule has 0 amide bonds. The van der Waals surface area contributed by atoms with Crippen LogP contribution in [0.3, 0.4) is 0 Å². The summed E-state index contributed by atoms with van der Waals surface area (Å²) in [5.74, 6) is 4.99. The summed E-state index contributed by atoms with van der Waals surface area (Å²) in [7, 11) is 0. The summed E-state index contributed by atoms with van der Waals surface area (Å²) in [6.45, 7) is 0. The summed E-state index contributed by atoms with van der Waals surface area (Å²) in [5.41, 5.74) is 1.98. The largest absolute Gasteiger partial charge is 0.342 e. The van der Waals surface area contributed by atoms with Crippen LogP contribution in [0.2, 0.25) is 0 Å². The zero-order valence-corrected chi connectivity index (χ0v) is 9.39. The summed E-state index contributed by atoms with van der Waals surface area (Å²) in [6.07, 6.45) is 0. The summed E-state index contributed by atoms with van der Waals surface area (Å²) in [4.78, 5) is 0.377. The van der Waals surface area contributed by atoms with Crippen molar-refractivity contribution >= 4 is 38.9 Å². The second-order valence-electron chi connectivity index (χ2n) is 2.27. The van der Waals surface area contributed by atoms with E-state index in [-0.39, 0.29) is 0 Å². The number of nitrogens with one attached hydrogen (secondary N) is 1. The Bertz CT molecular complexity index is 288. The third kappa shape index (κ3) is 2.60. The van der Waals surface area contributed by atoms with Crippen LogP contribution in [0.15, 0.2) is 15.9 Å². The highest BCUT2D eigenvalue weighted by Gasteiger charge is 2.39. The summed E-state index contributed by atoms with van der Waals surface area (Å²) >= 11 is 9.15. The van der Waals surface area contributed by atoms with Crippen LogP contribution in [0.1, 0.15) is 10.9 Å². The van der Waals surface area contributed by atoms with Gasteiger partial charge in [-0.25, -0.2) is 5.43 Å². The first kappa shape index (κ1) is 11.3. The molecule has 1 aromatic rings. The monoisotopic (exact) mass is 290 g/mol. The standard InChI is InChI=1S/C6H6BrClF2N2S/c7-3-1-2-13-4(3)5(12-11)6(8,9)10/h1-2,5,12H,11H2. The lowest BCUT2D eigenvalue weighted by Crippen LogP contribution is -2.37. The lowest BCUT2D eigenvalue weighted by molar-refractivity contribution is 0.0509. The predicted molar refractivity (Wildman–Crippen MR) is 52.9 cm³/mol. The van der Waals surface area contributed by atoms with Gasteiger partial charge in [0.15, 0.2) is 0 Å². The highest BCUT2D eigenvalue weighted by molar-refractivity contribution is 9.10. The quantitative estimate of drug-likeness (QED) is 0.510. The van der Waals surface area contributed by atoms with Crippen molar-refractivity contribution in [1.29, 1.82) is 0 Å². The van der Waals surface area contributed by atoms with Gasteiger partial charge in [-0.05, 0) is 39.0 Å². The Kier molecular flexibility index (Phi) is 3.64. The van der Waals surface area contributed by atoms with Gasteiger partial charge in [0.05, 0.1) is 0 Å². The molecule has 0 fully saturated rings. The minimum absolute atomic E-state index is 0.377. The van der Waals surface area contributed by atoms with Gasteiger partial charge in [0.2, 0.25) is 0 Å². The van der Waals surface area contributed by atoms with Crippen molar-refractivity contribution in [1.82, 2.24) is 5.43 Å². The smallest absolute Gasteiger partial charge is 0.271 e. The Morgan fingerprint density at radius 3 is 2.62 bits per heavy atom. The first-order valence-electron chi connectivity index (χ1n) is 3.22. The fourth-order valence-electron chi connectivity index (χ4n) is 0.830. The summed E-state index contributed by atoms with van der Waals surface area (Å²) in [5, 5.41) is -1.73. The van der Waals surface area contributed by atoms with E-state index in [1.807, 2.05) is 5.43 Å². The van der Waals surface area contributed by atoms with Gasteiger partial charge < -0.3 is 0 Å². The van der Waals surface area contributed by atoms with Crippen molar-refractivity contribution in [3.63, 3.8) is 0 Å². The van der Waals surface area contributed by atoms with E-state index in [0.29, 0.717) is 9.35 Å².